The average Bonchev–Trinajstić information content (AvgIpc) is 2.78. The smallest absolute Gasteiger partial charge is 0.367 e. The van der Waals surface area contributed by atoms with Crippen LogP contribution in [0.25, 0.3) is 5.65 Å². The second-order valence-corrected chi connectivity index (χ2v) is 3.92. The molecule has 1 N–H and O–H groups in total. The van der Waals surface area contributed by atoms with Crippen LogP contribution in [0.5, 0.6) is 0 Å². The number of nitriles is 1. The fourth-order valence-corrected chi connectivity index (χ4v) is 1.36. The van der Waals surface area contributed by atoms with E-state index in [0.29, 0.717) is 11.1 Å². The minimum absolute atomic E-state index is 0.00575. The first-order valence-corrected chi connectivity index (χ1v) is 5.35. The second-order valence-electron chi connectivity index (χ2n) is 3.92. The zero-order valence-electron chi connectivity index (χ0n) is 9.81. The highest BCUT2D eigenvalue weighted by Gasteiger charge is 2.37. The summed E-state index contributed by atoms with van der Waals surface area (Å²) < 4.78 is 38.5. The van der Waals surface area contributed by atoms with E-state index >= 15 is 0 Å². The number of hydrogen-bond donors (Lipinski definition) is 1. The maximum Gasteiger partial charge on any atom is 0.453 e. The standard InChI is InChI=1S/C10H9F3N6/c1-6(4-14)5-15-7-2-3-8-16-17-9(10(11,12)13)19(8)18-7/h2-3,6H,5H2,1H3,(H,15,18). The lowest BCUT2D eigenvalue weighted by Gasteiger charge is -2.07. The summed E-state index contributed by atoms with van der Waals surface area (Å²) in [7, 11) is 0. The van der Waals surface area contributed by atoms with Crippen LogP contribution >= 0.6 is 0 Å². The maximum absolute atomic E-state index is 12.6. The average molecular weight is 270 g/mol. The van der Waals surface area contributed by atoms with Crippen LogP contribution in [0, 0.1) is 17.2 Å². The SMILES string of the molecule is CC(C#N)CNc1ccc2nnc(C(F)(F)F)n2n1. The molecule has 2 aromatic rings. The van der Waals surface area contributed by atoms with E-state index in [4.69, 9.17) is 5.26 Å². The van der Waals surface area contributed by atoms with Crippen LogP contribution in [0.2, 0.25) is 0 Å². The van der Waals surface area contributed by atoms with Gasteiger partial charge in [0, 0.05) is 6.54 Å². The van der Waals surface area contributed by atoms with Gasteiger partial charge in [-0.15, -0.1) is 15.3 Å². The molecule has 0 aliphatic heterocycles. The number of halogens is 3. The number of hydrogen-bond acceptors (Lipinski definition) is 5. The van der Waals surface area contributed by atoms with Crippen LogP contribution in [0.15, 0.2) is 12.1 Å². The fraction of sp³-hybridized carbons (Fsp3) is 0.400. The monoisotopic (exact) mass is 270 g/mol. The van der Waals surface area contributed by atoms with E-state index in [9.17, 15) is 13.2 Å². The second kappa shape index (κ2) is 4.72. The van der Waals surface area contributed by atoms with E-state index in [1.165, 1.54) is 12.1 Å². The molecular weight excluding hydrogens is 261 g/mol. The third kappa shape index (κ3) is 2.73. The number of rotatable bonds is 3. The Kier molecular flexibility index (Phi) is 3.25. The van der Waals surface area contributed by atoms with E-state index in [0.717, 1.165) is 0 Å². The third-order valence-electron chi connectivity index (χ3n) is 2.33. The zero-order valence-corrected chi connectivity index (χ0v) is 9.81. The van der Waals surface area contributed by atoms with Crippen molar-refractivity contribution in [1.29, 1.82) is 5.26 Å². The van der Waals surface area contributed by atoms with Crippen LogP contribution in [-0.4, -0.2) is 26.4 Å². The molecule has 6 nitrogen and oxygen atoms in total. The normalized spacial score (nSPS) is 13.2. The van der Waals surface area contributed by atoms with E-state index in [1.54, 1.807) is 6.92 Å². The van der Waals surface area contributed by atoms with Crippen molar-refractivity contribution < 1.29 is 13.2 Å². The number of anilines is 1. The van der Waals surface area contributed by atoms with Crippen LogP contribution in [0.4, 0.5) is 19.0 Å². The lowest BCUT2D eigenvalue weighted by atomic mass is 10.2. The molecule has 9 heteroatoms. The predicted molar refractivity (Wildman–Crippen MR) is 59.1 cm³/mol. The number of nitrogens with one attached hydrogen (secondary N) is 1. The Morgan fingerprint density at radius 1 is 1.42 bits per heavy atom. The van der Waals surface area contributed by atoms with Gasteiger partial charge in [0.05, 0.1) is 12.0 Å². The van der Waals surface area contributed by atoms with Crippen molar-refractivity contribution in [3.63, 3.8) is 0 Å². The van der Waals surface area contributed by atoms with Crippen LogP contribution < -0.4 is 5.32 Å². The largest absolute Gasteiger partial charge is 0.453 e. The number of alkyl halides is 3. The van der Waals surface area contributed by atoms with E-state index in [-0.39, 0.29) is 17.4 Å². The minimum Gasteiger partial charge on any atom is -0.367 e. The Balaban J connectivity index is 2.31. The Morgan fingerprint density at radius 3 is 2.79 bits per heavy atom. The Labute approximate surface area is 105 Å². The molecule has 2 rings (SSSR count). The molecule has 0 bridgehead atoms. The van der Waals surface area contributed by atoms with Gasteiger partial charge in [-0.2, -0.15) is 22.9 Å². The minimum atomic E-state index is -4.62. The molecule has 0 fully saturated rings. The van der Waals surface area contributed by atoms with Crippen molar-refractivity contribution in [2.24, 2.45) is 5.92 Å². The van der Waals surface area contributed by atoms with Crippen molar-refractivity contribution in [2.45, 2.75) is 13.1 Å². The summed E-state index contributed by atoms with van der Waals surface area (Å²) in [6, 6.07) is 4.85. The summed E-state index contributed by atoms with van der Waals surface area (Å²) >= 11 is 0. The quantitative estimate of drug-likeness (QED) is 0.918. The molecule has 0 saturated carbocycles. The Hall–Kier alpha value is -2.37. The number of aromatic nitrogens is 4. The van der Waals surface area contributed by atoms with E-state index in [2.05, 4.69) is 20.6 Å². The third-order valence-corrected chi connectivity index (χ3v) is 2.33. The molecule has 0 spiro atoms. The van der Waals surface area contributed by atoms with Gasteiger partial charge in [-0.05, 0) is 19.1 Å². The summed E-state index contributed by atoms with van der Waals surface area (Å²) in [5.41, 5.74) is 0.00575. The molecule has 0 aliphatic carbocycles. The molecule has 0 saturated heterocycles. The molecule has 2 heterocycles. The van der Waals surface area contributed by atoms with Gasteiger partial charge in [0.25, 0.3) is 5.82 Å². The molecule has 19 heavy (non-hydrogen) atoms. The van der Waals surface area contributed by atoms with Crippen LogP contribution in [0.1, 0.15) is 12.7 Å². The predicted octanol–water partition coefficient (Wildman–Crippen LogP) is 1.71. The van der Waals surface area contributed by atoms with Gasteiger partial charge in [0.2, 0.25) is 0 Å². The van der Waals surface area contributed by atoms with Crippen LogP contribution in [-0.2, 0) is 6.18 Å². The molecule has 0 aromatic carbocycles. The first-order valence-electron chi connectivity index (χ1n) is 5.35. The highest BCUT2D eigenvalue weighted by molar-refractivity contribution is 5.44. The molecule has 100 valence electrons. The summed E-state index contributed by atoms with van der Waals surface area (Å²) in [5.74, 6) is -1.24. The van der Waals surface area contributed by atoms with E-state index < -0.39 is 12.0 Å². The van der Waals surface area contributed by atoms with Gasteiger partial charge in [-0.1, -0.05) is 0 Å². The van der Waals surface area contributed by atoms with E-state index in [1.807, 2.05) is 6.07 Å². The zero-order chi connectivity index (χ0) is 14.0. The highest BCUT2D eigenvalue weighted by atomic mass is 19.4. The first-order chi connectivity index (χ1) is 8.91. The molecule has 0 aliphatic rings. The Bertz CT molecular complexity index is 626. The number of fused-ring (bicyclic) bond motifs is 1. The topological polar surface area (TPSA) is 78.9 Å². The molecule has 1 unspecified atom stereocenters. The molecule has 0 amide bonds. The highest BCUT2D eigenvalue weighted by Crippen LogP contribution is 2.27. The lowest BCUT2D eigenvalue weighted by molar-refractivity contribution is -0.146. The maximum atomic E-state index is 12.6. The van der Waals surface area contributed by atoms with Gasteiger partial charge in [0.15, 0.2) is 5.65 Å². The summed E-state index contributed by atoms with van der Waals surface area (Å²) in [4.78, 5) is 0. The van der Waals surface area contributed by atoms with Crippen molar-refractivity contribution in [1.82, 2.24) is 19.8 Å². The molecule has 0 radical (unpaired) electrons. The van der Waals surface area contributed by atoms with Crippen molar-refractivity contribution in [3.8, 4) is 6.07 Å². The van der Waals surface area contributed by atoms with Crippen molar-refractivity contribution >= 4 is 11.5 Å². The van der Waals surface area contributed by atoms with Gasteiger partial charge < -0.3 is 5.32 Å². The van der Waals surface area contributed by atoms with Gasteiger partial charge in [-0.3, -0.25) is 0 Å². The summed E-state index contributed by atoms with van der Waals surface area (Å²) in [6.07, 6.45) is -4.62. The van der Waals surface area contributed by atoms with Gasteiger partial charge in [0.1, 0.15) is 5.82 Å². The van der Waals surface area contributed by atoms with Gasteiger partial charge >= 0.3 is 6.18 Å². The molecule has 2 aromatic heterocycles. The van der Waals surface area contributed by atoms with Crippen molar-refractivity contribution in [2.75, 3.05) is 11.9 Å². The lowest BCUT2D eigenvalue weighted by Crippen LogP contribution is -2.15. The molecular formula is C10H9F3N6. The van der Waals surface area contributed by atoms with Gasteiger partial charge in [-0.25, -0.2) is 0 Å². The first kappa shape index (κ1) is 13.1. The summed E-state index contributed by atoms with van der Waals surface area (Å²) in [6.45, 7) is 1.98. The van der Waals surface area contributed by atoms with Crippen molar-refractivity contribution in [3.05, 3.63) is 18.0 Å². The number of nitrogens with zero attached hydrogens (tertiary/aromatic N) is 5. The summed E-state index contributed by atoms with van der Waals surface area (Å²) in [5, 5.41) is 21.6. The fourth-order valence-electron chi connectivity index (χ4n) is 1.36. The molecule has 1 atom stereocenters. The van der Waals surface area contributed by atoms with Crippen LogP contribution in [0.3, 0.4) is 0 Å². The Morgan fingerprint density at radius 2 is 2.16 bits per heavy atom.